The van der Waals surface area contributed by atoms with Crippen LogP contribution in [0.3, 0.4) is 0 Å². The molecule has 0 amide bonds. The van der Waals surface area contributed by atoms with E-state index in [1.54, 1.807) is 19.4 Å². The Hall–Kier alpha value is -3.08. The molecule has 3 heterocycles. The van der Waals surface area contributed by atoms with Crippen molar-refractivity contribution in [3.05, 3.63) is 65.9 Å². The van der Waals surface area contributed by atoms with Crippen molar-refractivity contribution in [1.29, 1.82) is 0 Å². The summed E-state index contributed by atoms with van der Waals surface area (Å²) in [4.78, 5) is 7.01. The van der Waals surface area contributed by atoms with Crippen LogP contribution in [0.1, 0.15) is 11.1 Å². The fraction of sp³-hybridized carbons (Fsp3) is 0.105. The van der Waals surface area contributed by atoms with Crippen molar-refractivity contribution in [2.45, 2.75) is 0 Å². The third-order valence-corrected chi connectivity index (χ3v) is 4.19. The van der Waals surface area contributed by atoms with E-state index in [1.165, 1.54) is 6.07 Å². The number of ether oxygens (including phenoxy) is 1. The summed E-state index contributed by atoms with van der Waals surface area (Å²) in [6.07, 6.45) is 5.64. The van der Waals surface area contributed by atoms with E-state index in [2.05, 4.69) is 21.4 Å². The van der Waals surface area contributed by atoms with Gasteiger partial charge in [0.1, 0.15) is 11.6 Å². The SMILES string of the molecule is COc1ccccc1-c1c[nH]c2c1C=C(c1ccc(F)nc1)CN2. The number of aromatic amines is 1. The highest BCUT2D eigenvalue weighted by atomic mass is 19.1. The van der Waals surface area contributed by atoms with Crippen LogP contribution in [-0.4, -0.2) is 23.6 Å². The second-order valence-corrected chi connectivity index (χ2v) is 5.58. The number of pyridine rings is 1. The molecule has 5 heteroatoms. The van der Waals surface area contributed by atoms with Gasteiger partial charge in [-0.1, -0.05) is 18.2 Å². The zero-order valence-electron chi connectivity index (χ0n) is 13.1. The summed E-state index contributed by atoms with van der Waals surface area (Å²) in [6.45, 7) is 0.659. The van der Waals surface area contributed by atoms with Gasteiger partial charge in [-0.2, -0.15) is 4.39 Å². The number of fused-ring (bicyclic) bond motifs is 1. The molecule has 0 aliphatic carbocycles. The van der Waals surface area contributed by atoms with E-state index in [-0.39, 0.29) is 0 Å². The molecule has 0 fully saturated rings. The number of methoxy groups -OCH3 is 1. The Bertz CT molecular complexity index is 913. The number of H-pyrrole nitrogens is 1. The minimum Gasteiger partial charge on any atom is -0.496 e. The zero-order valence-corrected chi connectivity index (χ0v) is 13.1. The average molecular weight is 321 g/mol. The molecular weight excluding hydrogens is 305 g/mol. The van der Waals surface area contributed by atoms with E-state index in [9.17, 15) is 4.39 Å². The van der Waals surface area contributed by atoms with Crippen molar-refractivity contribution >= 4 is 17.5 Å². The maximum Gasteiger partial charge on any atom is 0.212 e. The Balaban J connectivity index is 1.81. The Morgan fingerprint density at radius 3 is 2.79 bits per heavy atom. The predicted molar refractivity (Wildman–Crippen MR) is 93.3 cm³/mol. The smallest absolute Gasteiger partial charge is 0.212 e. The average Bonchev–Trinajstić information content (AvgIpc) is 3.05. The van der Waals surface area contributed by atoms with Gasteiger partial charge in [0.05, 0.1) is 7.11 Å². The largest absolute Gasteiger partial charge is 0.496 e. The number of nitrogens with zero attached hydrogens (tertiary/aromatic N) is 1. The van der Waals surface area contributed by atoms with Crippen LogP contribution < -0.4 is 10.1 Å². The van der Waals surface area contributed by atoms with Gasteiger partial charge >= 0.3 is 0 Å². The molecule has 1 aliphatic rings. The van der Waals surface area contributed by atoms with Crippen molar-refractivity contribution in [3.63, 3.8) is 0 Å². The lowest BCUT2D eigenvalue weighted by Gasteiger charge is -2.17. The summed E-state index contributed by atoms with van der Waals surface area (Å²) >= 11 is 0. The molecule has 1 aromatic carbocycles. The number of para-hydroxylation sites is 1. The van der Waals surface area contributed by atoms with Crippen molar-refractivity contribution in [1.82, 2.24) is 9.97 Å². The highest BCUT2D eigenvalue weighted by Crippen LogP contribution is 2.39. The van der Waals surface area contributed by atoms with E-state index < -0.39 is 5.95 Å². The molecule has 0 saturated heterocycles. The predicted octanol–water partition coefficient (Wildman–Crippen LogP) is 4.19. The summed E-state index contributed by atoms with van der Waals surface area (Å²) < 4.78 is 18.5. The first-order valence-electron chi connectivity index (χ1n) is 7.67. The second-order valence-electron chi connectivity index (χ2n) is 5.58. The van der Waals surface area contributed by atoms with Gasteiger partial charge in [0, 0.05) is 35.6 Å². The van der Waals surface area contributed by atoms with Crippen LogP contribution in [0.25, 0.3) is 22.8 Å². The van der Waals surface area contributed by atoms with Crippen LogP contribution >= 0.6 is 0 Å². The molecule has 0 atom stereocenters. The van der Waals surface area contributed by atoms with Crippen LogP contribution in [0.4, 0.5) is 10.2 Å². The molecule has 0 unspecified atom stereocenters. The van der Waals surface area contributed by atoms with Crippen molar-refractivity contribution in [3.8, 4) is 16.9 Å². The Morgan fingerprint density at radius 1 is 1.12 bits per heavy atom. The maximum atomic E-state index is 13.0. The standard InChI is InChI=1S/C19H16FN3O/c1-24-17-5-3-2-4-14(17)16-11-23-19-15(16)8-13(10-22-19)12-6-7-18(20)21-9-12/h2-9,11,22-23H,10H2,1H3. The molecule has 120 valence electrons. The molecule has 2 N–H and O–H groups in total. The fourth-order valence-electron chi connectivity index (χ4n) is 2.98. The van der Waals surface area contributed by atoms with Crippen LogP contribution in [0, 0.1) is 5.95 Å². The highest BCUT2D eigenvalue weighted by molar-refractivity contribution is 5.96. The second kappa shape index (κ2) is 5.85. The lowest BCUT2D eigenvalue weighted by atomic mass is 9.97. The Labute approximate surface area is 139 Å². The summed E-state index contributed by atoms with van der Waals surface area (Å²) in [6, 6.07) is 11.0. The van der Waals surface area contributed by atoms with Crippen molar-refractivity contribution < 1.29 is 9.13 Å². The van der Waals surface area contributed by atoms with Crippen LogP contribution in [0.5, 0.6) is 5.75 Å². The molecule has 0 spiro atoms. The van der Waals surface area contributed by atoms with Crippen molar-refractivity contribution in [2.75, 3.05) is 19.0 Å². The lowest BCUT2D eigenvalue weighted by molar-refractivity contribution is 0.416. The van der Waals surface area contributed by atoms with Crippen LogP contribution in [0.15, 0.2) is 48.8 Å². The molecule has 2 aromatic heterocycles. The number of hydrogen-bond acceptors (Lipinski definition) is 3. The van der Waals surface area contributed by atoms with Gasteiger partial charge in [0.25, 0.3) is 0 Å². The number of aromatic nitrogens is 2. The van der Waals surface area contributed by atoms with Gasteiger partial charge in [0.2, 0.25) is 5.95 Å². The molecule has 0 bridgehead atoms. The van der Waals surface area contributed by atoms with Gasteiger partial charge in [-0.3, -0.25) is 0 Å². The van der Waals surface area contributed by atoms with Crippen LogP contribution in [0.2, 0.25) is 0 Å². The van der Waals surface area contributed by atoms with Crippen molar-refractivity contribution in [2.24, 2.45) is 0 Å². The molecule has 0 saturated carbocycles. The lowest BCUT2D eigenvalue weighted by Crippen LogP contribution is -2.10. The highest BCUT2D eigenvalue weighted by Gasteiger charge is 2.19. The third-order valence-electron chi connectivity index (χ3n) is 4.19. The Kier molecular flexibility index (Phi) is 3.54. The van der Waals surface area contributed by atoms with E-state index >= 15 is 0 Å². The normalized spacial score (nSPS) is 13.0. The quantitative estimate of drug-likeness (QED) is 0.711. The monoisotopic (exact) mass is 321 g/mol. The number of rotatable bonds is 3. The van der Waals surface area contributed by atoms with E-state index in [0.29, 0.717) is 6.54 Å². The molecule has 4 rings (SSSR count). The van der Waals surface area contributed by atoms with E-state index in [1.807, 2.05) is 30.5 Å². The summed E-state index contributed by atoms with van der Waals surface area (Å²) in [5.74, 6) is 1.32. The number of anilines is 1. The number of nitrogens with one attached hydrogen (secondary N) is 2. The van der Waals surface area contributed by atoms with Gasteiger partial charge in [-0.05, 0) is 35.4 Å². The summed E-state index contributed by atoms with van der Waals surface area (Å²) in [5.41, 5.74) is 5.11. The van der Waals surface area contributed by atoms with Gasteiger partial charge < -0.3 is 15.0 Å². The maximum absolute atomic E-state index is 13.0. The molecule has 0 radical (unpaired) electrons. The fourth-order valence-corrected chi connectivity index (χ4v) is 2.98. The molecule has 3 aromatic rings. The van der Waals surface area contributed by atoms with E-state index in [0.717, 1.165) is 39.4 Å². The summed E-state index contributed by atoms with van der Waals surface area (Å²) in [5, 5.41) is 3.37. The molecular formula is C19H16FN3O. The first-order valence-corrected chi connectivity index (χ1v) is 7.67. The topological polar surface area (TPSA) is 49.9 Å². The Morgan fingerprint density at radius 2 is 2.00 bits per heavy atom. The first-order chi connectivity index (χ1) is 11.8. The van der Waals surface area contributed by atoms with E-state index in [4.69, 9.17) is 4.74 Å². The molecule has 4 nitrogen and oxygen atoms in total. The van der Waals surface area contributed by atoms with Gasteiger partial charge in [-0.15, -0.1) is 0 Å². The third kappa shape index (κ3) is 2.44. The number of benzene rings is 1. The number of halogens is 1. The van der Waals surface area contributed by atoms with Gasteiger partial charge in [-0.25, -0.2) is 4.98 Å². The first kappa shape index (κ1) is 14.5. The molecule has 24 heavy (non-hydrogen) atoms. The minimum atomic E-state index is -0.472. The van der Waals surface area contributed by atoms with Crippen LogP contribution in [-0.2, 0) is 0 Å². The summed E-state index contributed by atoms with van der Waals surface area (Å²) in [7, 11) is 1.67. The molecule has 1 aliphatic heterocycles. The number of hydrogen-bond donors (Lipinski definition) is 2. The minimum absolute atomic E-state index is 0.472. The van der Waals surface area contributed by atoms with Gasteiger partial charge in [0.15, 0.2) is 0 Å². The zero-order chi connectivity index (χ0) is 16.5.